The van der Waals surface area contributed by atoms with Crippen LogP contribution < -0.4 is 0 Å². The van der Waals surface area contributed by atoms with Crippen LogP contribution in [0, 0.1) is 5.92 Å². The fourth-order valence-corrected chi connectivity index (χ4v) is 1.36. The van der Waals surface area contributed by atoms with Crippen molar-refractivity contribution in [2.24, 2.45) is 5.92 Å². The summed E-state index contributed by atoms with van der Waals surface area (Å²) in [7, 11) is 0. The molecule has 1 fully saturated rings. The second-order valence-electron chi connectivity index (χ2n) is 3.21. The van der Waals surface area contributed by atoms with Crippen molar-refractivity contribution in [3.63, 3.8) is 0 Å². The summed E-state index contributed by atoms with van der Waals surface area (Å²) in [4.78, 5) is 12.9. The number of nitrogens with zero attached hydrogens (tertiary/aromatic N) is 1. The minimum Gasteiger partial charge on any atom is -0.339 e. The zero-order valence-electron chi connectivity index (χ0n) is 9.05. The van der Waals surface area contributed by atoms with E-state index >= 15 is 0 Å². The van der Waals surface area contributed by atoms with E-state index in [1.807, 2.05) is 18.7 Å². The van der Waals surface area contributed by atoms with Crippen molar-refractivity contribution in [3.05, 3.63) is 12.7 Å². The fourth-order valence-electron chi connectivity index (χ4n) is 1.36. The maximum Gasteiger partial charge on any atom is 0.245 e. The summed E-state index contributed by atoms with van der Waals surface area (Å²) >= 11 is 0. The Morgan fingerprint density at radius 2 is 1.85 bits per heavy atom. The SMILES string of the molecule is C=CC(=O)N1CCC(C)CC1.CC. The van der Waals surface area contributed by atoms with Gasteiger partial charge in [-0.3, -0.25) is 4.79 Å². The number of hydrogen-bond donors (Lipinski definition) is 0. The summed E-state index contributed by atoms with van der Waals surface area (Å²) in [6.45, 7) is 11.5. The number of carbonyl (C=O) groups is 1. The van der Waals surface area contributed by atoms with Gasteiger partial charge < -0.3 is 4.90 Å². The van der Waals surface area contributed by atoms with Crippen LogP contribution in [0.3, 0.4) is 0 Å². The molecule has 0 bridgehead atoms. The number of carbonyl (C=O) groups excluding carboxylic acids is 1. The van der Waals surface area contributed by atoms with E-state index in [4.69, 9.17) is 0 Å². The van der Waals surface area contributed by atoms with Crippen molar-refractivity contribution >= 4 is 5.91 Å². The summed E-state index contributed by atoms with van der Waals surface area (Å²) in [5.41, 5.74) is 0. The second-order valence-corrected chi connectivity index (χ2v) is 3.21. The quantitative estimate of drug-likeness (QED) is 0.572. The Kier molecular flexibility index (Phi) is 6.29. The van der Waals surface area contributed by atoms with Crippen LogP contribution in [0.25, 0.3) is 0 Å². The van der Waals surface area contributed by atoms with Crippen LogP contribution in [-0.2, 0) is 4.79 Å². The van der Waals surface area contributed by atoms with Gasteiger partial charge in [0, 0.05) is 13.1 Å². The molecule has 1 saturated heterocycles. The number of amides is 1. The smallest absolute Gasteiger partial charge is 0.245 e. The van der Waals surface area contributed by atoms with Crippen LogP contribution in [0.4, 0.5) is 0 Å². The molecule has 2 heteroatoms. The largest absolute Gasteiger partial charge is 0.339 e. The lowest BCUT2D eigenvalue weighted by Crippen LogP contribution is -2.36. The average Bonchev–Trinajstić information content (AvgIpc) is 2.21. The molecule has 0 unspecified atom stereocenters. The van der Waals surface area contributed by atoms with Gasteiger partial charge in [-0.2, -0.15) is 0 Å². The molecule has 0 aromatic heterocycles. The molecule has 0 saturated carbocycles. The highest BCUT2D eigenvalue weighted by molar-refractivity contribution is 5.87. The Labute approximate surface area is 81.6 Å². The van der Waals surface area contributed by atoms with E-state index in [2.05, 4.69) is 13.5 Å². The van der Waals surface area contributed by atoms with Gasteiger partial charge in [0.1, 0.15) is 0 Å². The van der Waals surface area contributed by atoms with Gasteiger partial charge in [-0.05, 0) is 24.8 Å². The zero-order valence-corrected chi connectivity index (χ0v) is 9.05. The van der Waals surface area contributed by atoms with Gasteiger partial charge >= 0.3 is 0 Å². The van der Waals surface area contributed by atoms with E-state index in [0.29, 0.717) is 0 Å². The average molecular weight is 183 g/mol. The molecule has 1 rings (SSSR count). The standard InChI is InChI=1S/C9H15NO.C2H6/c1-3-9(11)10-6-4-8(2)5-7-10;1-2/h3,8H,1,4-7H2,2H3;1-2H3. The maximum absolute atomic E-state index is 11.1. The van der Waals surface area contributed by atoms with Gasteiger partial charge in [0.05, 0.1) is 0 Å². The molecule has 2 nitrogen and oxygen atoms in total. The Balaban J connectivity index is 0.000000671. The van der Waals surface area contributed by atoms with Gasteiger partial charge in [-0.25, -0.2) is 0 Å². The normalized spacial score (nSPS) is 17.3. The van der Waals surface area contributed by atoms with Gasteiger partial charge in [0.2, 0.25) is 5.91 Å². The van der Waals surface area contributed by atoms with E-state index < -0.39 is 0 Å². The maximum atomic E-state index is 11.1. The topological polar surface area (TPSA) is 20.3 Å². The highest BCUT2D eigenvalue weighted by Crippen LogP contribution is 2.15. The molecule has 1 heterocycles. The van der Waals surface area contributed by atoms with E-state index in [1.165, 1.54) is 6.08 Å². The Hall–Kier alpha value is -0.790. The summed E-state index contributed by atoms with van der Waals surface area (Å²) < 4.78 is 0. The second kappa shape index (κ2) is 6.70. The highest BCUT2D eigenvalue weighted by atomic mass is 16.2. The molecule has 0 aromatic rings. The third-order valence-electron chi connectivity index (χ3n) is 2.27. The Morgan fingerprint density at radius 3 is 2.23 bits per heavy atom. The summed E-state index contributed by atoms with van der Waals surface area (Å²) in [6.07, 6.45) is 3.68. The molecule has 76 valence electrons. The summed E-state index contributed by atoms with van der Waals surface area (Å²) in [6, 6.07) is 0. The van der Waals surface area contributed by atoms with E-state index in [-0.39, 0.29) is 5.91 Å². The minimum atomic E-state index is 0.0805. The van der Waals surface area contributed by atoms with Crippen molar-refractivity contribution in [2.45, 2.75) is 33.6 Å². The van der Waals surface area contributed by atoms with Crippen molar-refractivity contribution in [1.29, 1.82) is 0 Å². The predicted octanol–water partition coefficient (Wildman–Crippen LogP) is 2.46. The molecule has 0 spiro atoms. The van der Waals surface area contributed by atoms with Gasteiger partial charge in [0.25, 0.3) is 0 Å². The molecular formula is C11H21NO. The van der Waals surface area contributed by atoms with Gasteiger partial charge in [-0.15, -0.1) is 0 Å². The van der Waals surface area contributed by atoms with Crippen LogP contribution >= 0.6 is 0 Å². The monoisotopic (exact) mass is 183 g/mol. The molecule has 0 aromatic carbocycles. The molecule has 0 radical (unpaired) electrons. The van der Waals surface area contributed by atoms with Crippen LogP contribution in [0.15, 0.2) is 12.7 Å². The van der Waals surface area contributed by atoms with Crippen LogP contribution in [-0.4, -0.2) is 23.9 Å². The van der Waals surface area contributed by atoms with Crippen molar-refractivity contribution in [1.82, 2.24) is 4.90 Å². The molecular weight excluding hydrogens is 162 g/mol. The van der Waals surface area contributed by atoms with Crippen molar-refractivity contribution in [3.8, 4) is 0 Å². The van der Waals surface area contributed by atoms with Crippen LogP contribution in [0.1, 0.15) is 33.6 Å². The third-order valence-corrected chi connectivity index (χ3v) is 2.27. The third kappa shape index (κ3) is 4.11. The minimum absolute atomic E-state index is 0.0805. The molecule has 13 heavy (non-hydrogen) atoms. The summed E-state index contributed by atoms with van der Waals surface area (Å²) in [5, 5.41) is 0. The highest BCUT2D eigenvalue weighted by Gasteiger charge is 2.17. The van der Waals surface area contributed by atoms with Crippen molar-refractivity contribution in [2.75, 3.05) is 13.1 Å². The van der Waals surface area contributed by atoms with Gasteiger partial charge in [0.15, 0.2) is 0 Å². The molecule has 1 amide bonds. The van der Waals surface area contributed by atoms with Crippen LogP contribution in [0.2, 0.25) is 0 Å². The number of piperidine rings is 1. The van der Waals surface area contributed by atoms with E-state index in [0.717, 1.165) is 31.8 Å². The Morgan fingerprint density at radius 1 is 1.38 bits per heavy atom. The van der Waals surface area contributed by atoms with E-state index in [9.17, 15) is 4.79 Å². The first-order valence-corrected chi connectivity index (χ1v) is 5.15. The molecule has 1 aliphatic rings. The molecule has 1 aliphatic heterocycles. The lowest BCUT2D eigenvalue weighted by atomic mass is 9.99. The predicted molar refractivity (Wildman–Crippen MR) is 56.5 cm³/mol. The first kappa shape index (κ1) is 12.2. The molecule has 0 aliphatic carbocycles. The number of hydrogen-bond acceptors (Lipinski definition) is 1. The van der Waals surface area contributed by atoms with Crippen LogP contribution in [0.5, 0.6) is 0 Å². The van der Waals surface area contributed by atoms with Crippen molar-refractivity contribution < 1.29 is 4.79 Å². The molecule has 0 atom stereocenters. The molecule has 0 N–H and O–H groups in total. The first-order valence-electron chi connectivity index (χ1n) is 5.15. The number of likely N-dealkylation sites (tertiary alicyclic amines) is 1. The number of rotatable bonds is 1. The Bertz CT molecular complexity index is 157. The van der Waals surface area contributed by atoms with E-state index in [1.54, 1.807) is 0 Å². The first-order chi connectivity index (χ1) is 6.24. The fraction of sp³-hybridized carbons (Fsp3) is 0.727. The van der Waals surface area contributed by atoms with Gasteiger partial charge in [-0.1, -0.05) is 27.4 Å². The summed E-state index contributed by atoms with van der Waals surface area (Å²) in [5.74, 6) is 0.862. The zero-order chi connectivity index (χ0) is 10.3. The lowest BCUT2D eigenvalue weighted by Gasteiger charge is -2.29. The lowest BCUT2D eigenvalue weighted by molar-refractivity contribution is -0.127.